The first-order valence-corrected chi connectivity index (χ1v) is 6.55. The van der Waals surface area contributed by atoms with E-state index >= 15 is 0 Å². The van der Waals surface area contributed by atoms with Crippen molar-refractivity contribution in [3.05, 3.63) is 38.0 Å². The van der Waals surface area contributed by atoms with Crippen molar-refractivity contribution in [1.82, 2.24) is 10.3 Å². The average Bonchev–Trinajstić information content (AvgIpc) is 2.78. The van der Waals surface area contributed by atoms with Crippen LogP contribution in [-0.4, -0.2) is 12.0 Å². The van der Waals surface area contributed by atoms with E-state index in [0.717, 1.165) is 5.01 Å². The molecule has 2 nitrogen and oxygen atoms in total. The molecule has 0 fully saturated rings. The van der Waals surface area contributed by atoms with Crippen LogP contribution in [0.25, 0.3) is 0 Å². The van der Waals surface area contributed by atoms with Crippen LogP contribution in [0.15, 0.2) is 17.6 Å². The maximum Gasteiger partial charge on any atom is 0.0897 e. The predicted octanol–water partition coefficient (Wildman–Crippen LogP) is 3.13. The smallest absolute Gasteiger partial charge is 0.0897 e. The number of hydrogen-bond donors (Lipinski definition) is 1. The van der Waals surface area contributed by atoms with Gasteiger partial charge in [0.05, 0.1) is 11.0 Å². The van der Waals surface area contributed by atoms with Crippen molar-refractivity contribution in [1.29, 1.82) is 0 Å². The Morgan fingerprint density at radius 2 is 2.20 bits per heavy atom. The minimum absolute atomic E-state index is 0.293. The Bertz CT molecular complexity index is 405. The second kappa shape index (κ2) is 4.43. The third-order valence-corrected chi connectivity index (χ3v) is 4.15. The van der Waals surface area contributed by atoms with Gasteiger partial charge in [-0.15, -0.1) is 22.7 Å². The molecule has 4 heteroatoms. The Balaban J connectivity index is 2.32. The van der Waals surface area contributed by atoms with Crippen molar-refractivity contribution in [2.24, 2.45) is 0 Å². The quantitative estimate of drug-likeness (QED) is 0.888. The number of thiazole rings is 1. The standard InChI is InChI=1S/C11H14N2S2/c1-7-4-9(6-14-7)11(12-3)10-5-13-8(2)15-10/h4-6,11-12H,1-3H3. The number of nitrogens with one attached hydrogen (secondary N) is 1. The van der Waals surface area contributed by atoms with Crippen molar-refractivity contribution >= 4 is 22.7 Å². The first-order valence-electron chi connectivity index (χ1n) is 4.85. The fourth-order valence-corrected chi connectivity index (χ4v) is 3.25. The van der Waals surface area contributed by atoms with Crippen LogP contribution < -0.4 is 5.32 Å². The van der Waals surface area contributed by atoms with Crippen molar-refractivity contribution in [3.8, 4) is 0 Å². The van der Waals surface area contributed by atoms with Crippen LogP contribution >= 0.6 is 22.7 Å². The molecule has 0 amide bonds. The zero-order chi connectivity index (χ0) is 10.8. The molecule has 0 aromatic carbocycles. The zero-order valence-electron chi connectivity index (χ0n) is 9.07. The summed E-state index contributed by atoms with van der Waals surface area (Å²) < 4.78 is 0. The number of thiophene rings is 1. The summed E-state index contributed by atoms with van der Waals surface area (Å²) in [6, 6.07) is 2.53. The summed E-state index contributed by atoms with van der Waals surface area (Å²) >= 11 is 3.55. The van der Waals surface area contributed by atoms with Crippen molar-refractivity contribution in [3.63, 3.8) is 0 Å². The molecule has 2 rings (SSSR count). The average molecular weight is 238 g/mol. The van der Waals surface area contributed by atoms with E-state index in [4.69, 9.17) is 0 Å². The van der Waals surface area contributed by atoms with Gasteiger partial charge in [0.2, 0.25) is 0 Å². The summed E-state index contributed by atoms with van der Waals surface area (Å²) in [5, 5.41) is 6.67. The summed E-state index contributed by atoms with van der Waals surface area (Å²) in [6.07, 6.45) is 1.97. The number of aromatic nitrogens is 1. The van der Waals surface area contributed by atoms with Crippen LogP contribution in [0.1, 0.15) is 26.4 Å². The van der Waals surface area contributed by atoms with Gasteiger partial charge in [-0.1, -0.05) is 0 Å². The number of aryl methyl sites for hydroxylation is 2. The SMILES string of the molecule is CNC(c1csc(C)c1)c1cnc(C)s1. The fraction of sp³-hybridized carbons (Fsp3) is 0.364. The molecule has 1 N–H and O–H groups in total. The van der Waals surface area contributed by atoms with Crippen molar-refractivity contribution < 1.29 is 0 Å². The van der Waals surface area contributed by atoms with Crippen LogP contribution in [-0.2, 0) is 0 Å². The van der Waals surface area contributed by atoms with Crippen LogP contribution in [0.3, 0.4) is 0 Å². The minimum atomic E-state index is 0.293. The van der Waals surface area contributed by atoms with E-state index in [0.29, 0.717) is 6.04 Å². The Kier molecular flexibility index (Phi) is 3.19. The lowest BCUT2D eigenvalue weighted by Gasteiger charge is -2.11. The van der Waals surface area contributed by atoms with E-state index in [1.807, 2.05) is 20.2 Å². The molecule has 2 aromatic heterocycles. The molecule has 0 saturated carbocycles. The summed E-state index contributed by atoms with van der Waals surface area (Å²) in [5.41, 5.74) is 1.34. The van der Waals surface area contributed by atoms with E-state index in [1.54, 1.807) is 22.7 Å². The van der Waals surface area contributed by atoms with Crippen molar-refractivity contribution in [2.75, 3.05) is 7.05 Å². The van der Waals surface area contributed by atoms with Crippen molar-refractivity contribution in [2.45, 2.75) is 19.9 Å². The highest BCUT2D eigenvalue weighted by molar-refractivity contribution is 7.11. The first kappa shape index (κ1) is 10.8. The highest BCUT2D eigenvalue weighted by Gasteiger charge is 2.15. The molecule has 0 saturated heterocycles. The Morgan fingerprint density at radius 3 is 2.67 bits per heavy atom. The maximum atomic E-state index is 4.30. The van der Waals surface area contributed by atoms with E-state index in [2.05, 4.69) is 28.7 Å². The zero-order valence-corrected chi connectivity index (χ0v) is 10.7. The second-order valence-electron chi connectivity index (χ2n) is 3.49. The van der Waals surface area contributed by atoms with E-state index in [1.165, 1.54) is 15.3 Å². The maximum absolute atomic E-state index is 4.30. The molecule has 80 valence electrons. The van der Waals surface area contributed by atoms with Gasteiger partial charge in [0.25, 0.3) is 0 Å². The lowest BCUT2D eigenvalue weighted by atomic mass is 10.1. The lowest BCUT2D eigenvalue weighted by molar-refractivity contribution is 0.704. The normalized spacial score (nSPS) is 13.0. The molecule has 0 radical (unpaired) electrons. The van der Waals surface area contributed by atoms with Gasteiger partial charge in [0, 0.05) is 16.0 Å². The topological polar surface area (TPSA) is 24.9 Å². The number of rotatable bonds is 3. The molecule has 1 atom stereocenters. The number of nitrogens with zero attached hydrogens (tertiary/aromatic N) is 1. The molecular formula is C11H14N2S2. The van der Waals surface area contributed by atoms with E-state index in [-0.39, 0.29) is 0 Å². The molecule has 0 spiro atoms. The largest absolute Gasteiger partial charge is 0.309 e. The minimum Gasteiger partial charge on any atom is -0.309 e. The highest BCUT2D eigenvalue weighted by Crippen LogP contribution is 2.29. The monoisotopic (exact) mass is 238 g/mol. The third-order valence-electron chi connectivity index (χ3n) is 2.30. The summed E-state index contributed by atoms with van der Waals surface area (Å²) in [5.74, 6) is 0. The molecular weight excluding hydrogens is 224 g/mol. The van der Waals surface area contributed by atoms with Crippen LogP contribution in [0.2, 0.25) is 0 Å². The predicted molar refractivity (Wildman–Crippen MR) is 66.8 cm³/mol. The summed E-state index contributed by atoms with van der Waals surface area (Å²) in [7, 11) is 1.99. The highest BCUT2D eigenvalue weighted by atomic mass is 32.1. The van der Waals surface area contributed by atoms with Gasteiger partial charge >= 0.3 is 0 Å². The Hall–Kier alpha value is -0.710. The molecule has 0 aliphatic heterocycles. The molecule has 2 heterocycles. The van der Waals surface area contributed by atoms with Gasteiger partial charge in [-0.25, -0.2) is 4.98 Å². The van der Waals surface area contributed by atoms with Gasteiger partial charge in [-0.3, -0.25) is 0 Å². The van der Waals surface area contributed by atoms with Gasteiger partial charge < -0.3 is 5.32 Å². The van der Waals surface area contributed by atoms with Crippen LogP contribution in [0.5, 0.6) is 0 Å². The molecule has 0 aliphatic rings. The van der Waals surface area contributed by atoms with Gasteiger partial charge in [-0.05, 0) is 37.9 Å². The van der Waals surface area contributed by atoms with E-state index in [9.17, 15) is 0 Å². The Morgan fingerprint density at radius 1 is 1.40 bits per heavy atom. The number of hydrogen-bond acceptors (Lipinski definition) is 4. The van der Waals surface area contributed by atoms with Gasteiger partial charge in [-0.2, -0.15) is 0 Å². The van der Waals surface area contributed by atoms with Gasteiger partial charge in [0.15, 0.2) is 0 Å². The third kappa shape index (κ3) is 2.27. The second-order valence-corrected chi connectivity index (χ2v) is 5.88. The molecule has 15 heavy (non-hydrogen) atoms. The fourth-order valence-electron chi connectivity index (χ4n) is 1.60. The molecule has 0 aliphatic carbocycles. The van der Waals surface area contributed by atoms with Crippen LogP contribution in [0, 0.1) is 13.8 Å². The first-order chi connectivity index (χ1) is 7.20. The summed E-state index contributed by atoms with van der Waals surface area (Å²) in [6.45, 7) is 4.18. The molecule has 1 unspecified atom stereocenters. The Labute approximate surface area is 98.0 Å². The summed E-state index contributed by atoms with van der Waals surface area (Å²) in [4.78, 5) is 6.94. The van der Waals surface area contributed by atoms with Crippen LogP contribution in [0.4, 0.5) is 0 Å². The lowest BCUT2D eigenvalue weighted by Crippen LogP contribution is -2.15. The van der Waals surface area contributed by atoms with Gasteiger partial charge in [0.1, 0.15) is 0 Å². The van der Waals surface area contributed by atoms with E-state index < -0.39 is 0 Å². The molecule has 2 aromatic rings. The molecule has 0 bridgehead atoms.